The molecule has 0 fully saturated rings. The number of hydrogen-bond acceptors (Lipinski definition) is 3. The average Bonchev–Trinajstić information content (AvgIpc) is 2.14. The molecule has 0 aromatic rings. The van der Waals surface area contributed by atoms with Gasteiger partial charge in [0.2, 0.25) is 5.91 Å². The Bertz CT molecular complexity index is 231. The van der Waals surface area contributed by atoms with Crippen molar-refractivity contribution in [2.75, 3.05) is 6.54 Å². The Morgan fingerprint density at radius 2 is 2.00 bits per heavy atom. The molecule has 0 bridgehead atoms. The molecule has 5 heteroatoms. The topological polar surface area (TPSA) is 92.4 Å². The molecule has 2 unspecified atom stereocenters. The van der Waals surface area contributed by atoms with Crippen molar-refractivity contribution in [3.05, 3.63) is 0 Å². The summed E-state index contributed by atoms with van der Waals surface area (Å²) in [5.41, 5.74) is 5.72. The Morgan fingerprint density at radius 3 is 2.50 bits per heavy atom. The fraction of sp³-hybridized carbons (Fsp3) is 0.818. The number of rotatable bonds is 8. The summed E-state index contributed by atoms with van der Waals surface area (Å²) < 4.78 is 0. The lowest BCUT2D eigenvalue weighted by atomic mass is 10.1. The monoisotopic (exact) mass is 230 g/mol. The van der Waals surface area contributed by atoms with Crippen molar-refractivity contribution in [2.45, 2.75) is 45.6 Å². The van der Waals surface area contributed by atoms with E-state index in [0.717, 1.165) is 12.8 Å². The number of aliphatic carboxylic acids is 1. The summed E-state index contributed by atoms with van der Waals surface area (Å²) in [6.07, 6.45) is 2.18. The number of carbonyl (C=O) groups excluding carboxylic acids is 1. The zero-order valence-electron chi connectivity index (χ0n) is 10.0. The van der Waals surface area contributed by atoms with Gasteiger partial charge in [0.05, 0.1) is 0 Å². The highest BCUT2D eigenvalue weighted by molar-refractivity contribution is 5.76. The zero-order valence-corrected chi connectivity index (χ0v) is 10.0. The molecule has 0 radical (unpaired) electrons. The minimum absolute atomic E-state index is 0.0520. The van der Waals surface area contributed by atoms with Crippen molar-refractivity contribution in [3.8, 4) is 0 Å². The first kappa shape index (κ1) is 14.9. The number of carbonyl (C=O) groups is 2. The molecule has 94 valence electrons. The third-order valence-electron chi connectivity index (χ3n) is 2.28. The van der Waals surface area contributed by atoms with E-state index in [1.54, 1.807) is 6.92 Å². The van der Waals surface area contributed by atoms with E-state index in [1.807, 2.05) is 6.92 Å². The third-order valence-corrected chi connectivity index (χ3v) is 2.28. The summed E-state index contributed by atoms with van der Waals surface area (Å²) in [4.78, 5) is 21.8. The highest BCUT2D eigenvalue weighted by Crippen LogP contribution is 2.01. The number of amides is 1. The second-order valence-corrected chi connectivity index (χ2v) is 4.26. The highest BCUT2D eigenvalue weighted by atomic mass is 16.4. The summed E-state index contributed by atoms with van der Waals surface area (Å²) in [5.74, 6) is -0.994. The first-order valence-corrected chi connectivity index (χ1v) is 5.69. The maximum Gasteiger partial charge on any atom is 0.303 e. The van der Waals surface area contributed by atoms with Crippen molar-refractivity contribution in [2.24, 2.45) is 11.7 Å². The van der Waals surface area contributed by atoms with Crippen LogP contribution in [0.2, 0.25) is 0 Å². The van der Waals surface area contributed by atoms with E-state index in [4.69, 9.17) is 10.8 Å². The van der Waals surface area contributed by atoms with Gasteiger partial charge in [-0.15, -0.1) is 0 Å². The second kappa shape index (κ2) is 8.10. The minimum Gasteiger partial charge on any atom is -0.481 e. The molecule has 0 aromatic carbocycles. The van der Waals surface area contributed by atoms with E-state index >= 15 is 0 Å². The van der Waals surface area contributed by atoms with Crippen molar-refractivity contribution >= 4 is 11.9 Å². The lowest BCUT2D eigenvalue weighted by Gasteiger charge is -2.13. The van der Waals surface area contributed by atoms with Crippen LogP contribution < -0.4 is 11.1 Å². The SMILES string of the molecule is CCCC(N)CC(=O)NCC(C)CC(=O)O. The van der Waals surface area contributed by atoms with Gasteiger partial charge in [-0.25, -0.2) is 0 Å². The predicted molar refractivity (Wildman–Crippen MR) is 61.9 cm³/mol. The molecule has 0 saturated carbocycles. The van der Waals surface area contributed by atoms with Gasteiger partial charge >= 0.3 is 5.97 Å². The number of carboxylic acids is 1. The molecule has 4 N–H and O–H groups in total. The lowest BCUT2D eigenvalue weighted by molar-refractivity contribution is -0.138. The quantitative estimate of drug-likeness (QED) is 0.573. The molecule has 0 aliphatic heterocycles. The number of nitrogens with one attached hydrogen (secondary N) is 1. The van der Waals surface area contributed by atoms with Crippen molar-refractivity contribution < 1.29 is 14.7 Å². The van der Waals surface area contributed by atoms with Crippen LogP contribution in [0.15, 0.2) is 0 Å². The summed E-state index contributed by atoms with van der Waals surface area (Å²) in [5, 5.41) is 11.2. The lowest BCUT2D eigenvalue weighted by Crippen LogP contribution is -2.34. The Kier molecular flexibility index (Phi) is 7.54. The zero-order chi connectivity index (χ0) is 12.6. The fourth-order valence-electron chi connectivity index (χ4n) is 1.44. The average molecular weight is 230 g/mol. The van der Waals surface area contributed by atoms with Crippen LogP contribution in [0.1, 0.15) is 39.5 Å². The Labute approximate surface area is 96.4 Å². The molecule has 16 heavy (non-hydrogen) atoms. The van der Waals surface area contributed by atoms with E-state index < -0.39 is 5.97 Å². The van der Waals surface area contributed by atoms with Gasteiger partial charge in [-0.1, -0.05) is 20.3 Å². The molecule has 5 nitrogen and oxygen atoms in total. The van der Waals surface area contributed by atoms with Crippen molar-refractivity contribution in [1.29, 1.82) is 0 Å². The maximum absolute atomic E-state index is 11.4. The van der Waals surface area contributed by atoms with Crippen LogP contribution in [0.5, 0.6) is 0 Å². The van der Waals surface area contributed by atoms with Crippen LogP contribution >= 0.6 is 0 Å². The van der Waals surface area contributed by atoms with Crippen LogP contribution in [0.3, 0.4) is 0 Å². The highest BCUT2D eigenvalue weighted by Gasteiger charge is 2.11. The van der Waals surface area contributed by atoms with Gasteiger partial charge in [0.1, 0.15) is 0 Å². The standard InChI is InChI=1S/C11H22N2O3/c1-3-4-9(12)6-10(14)13-7-8(2)5-11(15)16/h8-9H,3-7,12H2,1-2H3,(H,13,14)(H,15,16). The molecule has 0 rings (SSSR count). The number of hydrogen-bond donors (Lipinski definition) is 3. The molecular formula is C11H22N2O3. The first-order valence-electron chi connectivity index (χ1n) is 5.69. The molecule has 0 heterocycles. The third kappa shape index (κ3) is 8.23. The maximum atomic E-state index is 11.4. The van der Waals surface area contributed by atoms with Crippen LogP contribution in [0.25, 0.3) is 0 Å². The Morgan fingerprint density at radius 1 is 1.38 bits per heavy atom. The molecule has 0 aliphatic carbocycles. The Hall–Kier alpha value is -1.10. The van der Waals surface area contributed by atoms with Gasteiger partial charge in [0, 0.05) is 25.4 Å². The molecule has 1 amide bonds. The van der Waals surface area contributed by atoms with Crippen LogP contribution in [0.4, 0.5) is 0 Å². The van der Waals surface area contributed by atoms with E-state index in [9.17, 15) is 9.59 Å². The van der Waals surface area contributed by atoms with Gasteiger partial charge in [-0.2, -0.15) is 0 Å². The molecule has 0 saturated heterocycles. The van der Waals surface area contributed by atoms with E-state index in [-0.39, 0.29) is 24.3 Å². The molecule has 0 spiro atoms. The van der Waals surface area contributed by atoms with Crippen LogP contribution in [-0.4, -0.2) is 29.6 Å². The number of nitrogens with two attached hydrogens (primary N) is 1. The van der Waals surface area contributed by atoms with Gasteiger partial charge in [-0.3, -0.25) is 9.59 Å². The summed E-state index contributed by atoms with van der Waals surface area (Å²) in [6.45, 7) is 4.21. The van der Waals surface area contributed by atoms with E-state index in [0.29, 0.717) is 13.0 Å². The number of carboxylic acid groups (broad SMARTS) is 1. The van der Waals surface area contributed by atoms with E-state index in [1.165, 1.54) is 0 Å². The molecule has 2 atom stereocenters. The largest absolute Gasteiger partial charge is 0.481 e. The Balaban J connectivity index is 3.68. The molecule has 0 aromatic heterocycles. The minimum atomic E-state index is -0.843. The smallest absolute Gasteiger partial charge is 0.303 e. The summed E-state index contributed by atoms with van der Waals surface area (Å²) in [6, 6.07) is -0.0974. The van der Waals surface area contributed by atoms with Gasteiger partial charge in [-0.05, 0) is 12.3 Å². The fourth-order valence-corrected chi connectivity index (χ4v) is 1.44. The van der Waals surface area contributed by atoms with E-state index in [2.05, 4.69) is 5.32 Å². The normalized spacial score (nSPS) is 14.2. The first-order chi connectivity index (χ1) is 7.45. The van der Waals surface area contributed by atoms with Gasteiger partial charge in [0.15, 0.2) is 0 Å². The summed E-state index contributed by atoms with van der Waals surface area (Å²) in [7, 11) is 0. The van der Waals surface area contributed by atoms with Crippen LogP contribution in [-0.2, 0) is 9.59 Å². The predicted octanol–water partition coefficient (Wildman–Crippen LogP) is 0.731. The van der Waals surface area contributed by atoms with Crippen molar-refractivity contribution in [1.82, 2.24) is 5.32 Å². The second-order valence-electron chi connectivity index (χ2n) is 4.26. The molecular weight excluding hydrogens is 208 g/mol. The van der Waals surface area contributed by atoms with Gasteiger partial charge in [0.25, 0.3) is 0 Å². The van der Waals surface area contributed by atoms with Crippen molar-refractivity contribution in [3.63, 3.8) is 0 Å². The molecule has 0 aliphatic rings. The van der Waals surface area contributed by atoms with Crippen LogP contribution in [0, 0.1) is 5.92 Å². The van der Waals surface area contributed by atoms with Gasteiger partial charge < -0.3 is 16.2 Å². The summed E-state index contributed by atoms with van der Waals surface area (Å²) >= 11 is 0.